The lowest BCUT2D eigenvalue weighted by atomic mass is 10.2. The summed E-state index contributed by atoms with van der Waals surface area (Å²) in [5, 5.41) is 0.522. The number of carbonyl (C=O) groups excluding carboxylic acids is 1. The number of aryl methyl sites for hydroxylation is 2. The lowest BCUT2D eigenvalue weighted by Crippen LogP contribution is -2.26. The lowest BCUT2D eigenvalue weighted by Gasteiger charge is -2.12. The lowest BCUT2D eigenvalue weighted by molar-refractivity contribution is -0.121. The third kappa shape index (κ3) is 2.93. The molecule has 6 heteroatoms. The van der Waals surface area contributed by atoms with E-state index in [9.17, 15) is 4.79 Å². The van der Waals surface area contributed by atoms with Crippen molar-refractivity contribution in [3.05, 3.63) is 56.9 Å². The van der Waals surface area contributed by atoms with E-state index in [1.165, 1.54) is 10.5 Å². The maximum absolute atomic E-state index is 12.4. The Bertz CT molecular complexity index is 929. The predicted molar refractivity (Wildman–Crippen MR) is 109 cm³/mol. The summed E-state index contributed by atoms with van der Waals surface area (Å²) in [5.74, 6) is -0.0724. The first-order chi connectivity index (χ1) is 11.7. The summed E-state index contributed by atoms with van der Waals surface area (Å²) in [4.78, 5) is 15.7. The van der Waals surface area contributed by atoms with Gasteiger partial charge in [0.25, 0.3) is 5.91 Å². The summed E-state index contributed by atoms with van der Waals surface area (Å²) in [6, 6.07) is 8.39. The molecule has 3 rings (SSSR count). The minimum Gasteiger partial charge on any atom is -0.318 e. The number of hydrogen-bond acceptors (Lipinski definition) is 2. The van der Waals surface area contributed by atoms with Gasteiger partial charge in [0.2, 0.25) is 0 Å². The average Bonchev–Trinajstić information content (AvgIpc) is 2.94. The summed E-state index contributed by atoms with van der Waals surface area (Å²) in [7, 11) is 3.53. The highest BCUT2D eigenvalue weighted by atomic mass is 79.9. The molecule has 1 aromatic carbocycles. The predicted octanol–water partition coefficient (Wildman–Crippen LogP) is 4.19. The van der Waals surface area contributed by atoms with Gasteiger partial charge in [-0.3, -0.25) is 9.69 Å². The summed E-state index contributed by atoms with van der Waals surface area (Å²) in [6.07, 6.45) is 1.92. The second-order valence-electron chi connectivity index (χ2n) is 6.33. The van der Waals surface area contributed by atoms with E-state index in [1.807, 2.05) is 13.1 Å². The highest BCUT2D eigenvalue weighted by molar-refractivity contribution is 9.10. The summed E-state index contributed by atoms with van der Waals surface area (Å²) < 4.78 is 3.29. The van der Waals surface area contributed by atoms with Gasteiger partial charge in [0.1, 0.15) is 5.70 Å². The van der Waals surface area contributed by atoms with Crippen molar-refractivity contribution in [1.29, 1.82) is 0 Å². The summed E-state index contributed by atoms with van der Waals surface area (Å²) in [6.45, 7) is 6.22. The molecule has 1 fully saturated rings. The van der Waals surface area contributed by atoms with E-state index in [0.29, 0.717) is 10.8 Å². The number of carbonyl (C=O) groups is 1. The van der Waals surface area contributed by atoms with E-state index in [2.05, 4.69) is 65.5 Å². The first kappa shape index (κ1) is 17.9. The van der Waals surface area contributed by atoms with E-state index in [0.717, 1.165) is 27.1 Å². The number of benzene rings is 1. The van der Waals surface area contributed by atoms with E-state index >= 15 is 0 Å². The Hall–Kier alpha value is -1.92. The molecule has 1 aliphatic heterocycles. The smallest absolute Gasteiger partial charge is 0.276 e. The Balaban J connectivity index is 2.09. The van der Waals surface area contributed by atoms with Crippen LogP contribution in [-0.2, 0) is 4.79 Å². The number of aromatic nitrogens is 1. The SMILES string of the molecule is Cc1cc(-n2c(C)cc(C=C3C(=O)N(C)C(=S)N3C)c2C)ccc1Br. The number of likely N-dealkylation sites (N-methyl/N-ethyl adjacent to an activating group) is 2. The number of hydrogen-bond donors (Lipinski definition) is 0. The first-order valence-corrected chi connectivity index (χ1v) is 9.15. The molecule has 0 atom stereocenters. The van der Waals surface area contributed by atoms with Crippen molar-refractivity contribution in [2.45, 2.75) is 20.8 Å². The minimum absolute atomic E-state index is 0.0724. The van der Waals surface area contributed by atoms with Gasteiger partial charge in [0.15, 0.2) is 5.11 Å². The molecule has 2 heterocycles. The highest BCUT2D eigenvalue weighted by Gasteiger charge is 2.33. The Morgan fingerprint density at radius 2 is 1.76 bits per heavy atom. The van der Waals surface area contributed by atoms with E-state index in [1.54, 1.807) is 11.9 Å². The largest absolute Gasteiger partial charge is 0.318 e. The zero-order valence-corrected chi connectivity index (χ0v) is 17.3. The molecule has 2 aromatic rings. The summed E-state index contributed by atoms with van der Waals surface area (Å²) >= 11 is 8.83. The number of nitrogens with zero attached hydrogens (tertiary/aromatic N) is 3. The fourth-order valence-electron chi connectivity index (χ4n) is 3.14. The Morgan fingerprint density at radius 3 is 2.32 bits per heavy atom. The van der Waals surface area contributed by atoms with Crippen LogP contribution in [0.3, 0.4) is 0 Å². The number of halogens is 1. The molecule has 1 aromatic heterocycles. The monoisotopic (exact) mass is 417 g/mol. The molecule has 0 radical (unpaired) electrons. The van der Waals surface area contributed by atoms with Gasteiger partial charge >= 0.3 is 0 Å². The van der Waals surface area contributed by atoms with Gasteiger partial charge in [-0.1, -0.05) is 15.9 Å². The van der Waals surface area contributed by atoms with Crippen molar-refractivity contribution in [2.24, 2.45) is 0 Å². The van der Waals surface area contributed by atoms with Crippen LogP contribution >= 0.6 is 28.1 Å². The molecule has 0 aliphatic carbocycles. The zero-order valence-electron chi connectivity index (χ0n) is 14.9. The van der Waals surface area contributed by atoms with Crippen LogP contribution in [0.2, 0.25) is 0 Å². The van der Waals surface area contributed by atoms with Crippen LogP contribution in [-0.4, -0.2) is 39.5 Å². The second kappa shape index (κ2) is 6.42. The Morgan fingerprint density at radius 1 is 1.08 bits per heavy atom. The van der Waals surface area contributed by atoms with Gasteiger partial charge in [-0.15, -0.1) is 0 Å². The quantitative estimate of drug-likeness (QED) is 0.541. The van der Waals surface area contributed by atoms with E-state index < -0.39 is 0 Å². The third-order valence-electron chi connectivity index (χ3n) is 4.62. The molecule has 4 nitrogen and oxygen atoms in total. The number of amides is 1. The first-order valence-electron chi connectivity index (χ1n) is 7.95. The molecule has 0 saturated carbocycles. The number of rotatable bonds is 2. The maximum Gasteiger partial charge on any atom is 0.276 e. The molecule has 0 bridgehead atoms. The van der Waals surface area contributed by atoms with Crippen molar-refractivity contribution in [3.8, 4) is 5.69 Å². The maximum atomic E-state index is 12.4. The van der Waals surface area contributed by atoms with Crippen molar-refractivity contribution in [1.82, 2.24) is 14.4 Å². The topological polar surface area (TPSA) is 28.5 Å². The third-order valence-corrected chi connectivity index (χ3v) is 6.06. The van der Waals surface area contributed by atoms with Crippen molar-refractivity contribution >= 4 is 45.2 Å². The van der Waals surface area contributed by atoms with Gasteiger partial charge in [-0.25, -0.2) is 0 Å². The highest BCUT2D eigenvalue weighted by Crippen LogP contribution is 2.27. The molecule has 1 aliphatic rings. The standard InChI is InChI=1S/C19H20BrN3OS/c1-11-8-15(6-7-16(11)20)23-12(2)9-14(13(23)3)10-17-18(24)22(5)19(25)21(17)4/h6-10H,1-5H3. The van der Waals surface area contributed by atoms with Crippen molar-refractivity contribution < 1.29 is 4.79 Å². The van der Waals surface area contributed by atoms with E-state index in [4.69, 9.17) is 12.2 Å². The van der Waals surface area contributed by atoms with Gasteiger partial charge in [0, 0.05) is 35.6 Å². The number of thiocarbonyl (C=S) groups is 1. The molecule has 1 saturated heterocycles. The molecule has 0 unspecified atom stereocenters. The van der Waals surface area contributed by atoms with Gasteiger partial charge < -0.3 is 9.47 Å². The Kier molecular flexibility index (Phi) is 4.60. The zero-order chi connectivity index (χ0) is 18.5. The molecular weight excluding hydrogens is 398 g/mol. The molecule has 25 heavy (non-hydrogen) atoms. The van der Waals surface area contributed by atoms with Crippen LogP contribution in [0.4, 0.5) is 0 Å². The average molecular weight is 418 g/mol. The van der Waals surface area contributed by atoms with Gasteiger partial charge in [-0.05, 0) is 74.5 Å². The second-order valence-corrected chi connectivity index (χ2v) is 7.55. The molecular formula is C19H20BrN3OS. The molecule has 0 spiro atoms. The molecule has 0 N–H and O–H groups in total. The molecule has 130 valence electrons. The van der Waals surface area contributed by atoms with Gasteiger partial charge in [-0.2, -0.15) is 0 Å². The normalized spacial score (nSPS) is 16.5. The fourth-order valence-corrected chi connectivity index (χ4v) is 3.56. The van der Waals surface area contributed by atoms with Crippen molar-refractivity contribution in [2.75, 3.05) is 14.1 Å². The van der Waals surface area contributed by atoms with Gasteiger partial charge in [0.05, 0.1) is 0 Å². The van der Waals surface area contributed by atoms with Crippen LogP contribution < -0.4 is 0 Å². The minimum atomic E-state index is -0.0724. The van der Waals surface area contributed by atoms with Crippen LogP contribution in [0.25, 0.3) is 11.8 Å². The van der Waals surface area contributed by atoms with Crippen LogP contribution in [0.1, 0.15) is 22.5 Å². The van der Waals surface area contributed by atoms with E-state index in [-0.39, 0.29) is 5.91 Å². The molecule has 1 amide bonds. The van der Waals surface area contributed by atoms with Crippen molar-refractivity contribution in [3.63, 3.8) is 0 Å². The van der Waals surface area contributed by atoms with Crippen LogP contribution in [0.15, 0.2) is 34.4 Å². The van der Waals surface area contributed by atoms with Crippen LogP contribution in [0, 0.1) is 20.8 Å². The Labute approximate surface area is 161 Å². The summed E-state index contributed by atoms with van der Waals surface area (Å²) in [5.41, 5.74) is 6.12. The fraction of sp³-hybridized carbons (Fsp3) is 0.263. The van der Waals surface area contributed by atoms with Crippen LogP contribution in [0.5, 0.6) is 0 Å².